The van der Waals surface area contributed by atoms with Gasteiger partial charge in [-0.2, -0.15) is 0 Å². The van der Waals surface area contributed by atoms with E-state index in [1.165, 1.54) is 63.6 Å². The van der Waals surface area contributed by atoms with Crippen LogP contribution in [0.25, 0.3) is 0 Å². The van der Waals surface area contributed by atoms with Crippen molar-refractivity contribution >= 4 is 0 Å². The second kappa shape index (κ2) is 6.73. The smallest absolute Gasteiger partial charge is 0.0470 e. The van der Waals surface area contributed by atoms with Crippen molar-refractivity contribution in [3.63, 3.8) is 0 Å². The summed E-state index contributed by atoms with van der Waals surface area (Å²) in [6, 6.07) is 9.83. The normalized spacial score (nSPS) is 23.1. The van der Waals surface area contributed by atoms with Gasteiger partial charge in [-0.15, -0.1) is 0 Å². The van der Waals surface area contributed by atoms with Gasteiger partial charge in [0, 0.05) is 12.6 Å². The van der Waals surface area contributed by atoms with Gasteiger partial charge in [0.15, 0.2) is 0 Å². The molecule has 0 amide bonds. The molecular weight excluding hydrogens is 244 g/mol. The molecule has 1 unspecified atom stereocenters. The van der Waals surface area contributed by atoms with Crippen molar-refractivity contribution in [1.29, 1.82) is 0 Å². The molecule has 1 saturated carbocycles. The molecule has 2 N–H and O–H groups in total. The summed E-state index contributed by atoms with van der Waals surface area (Å²) in [5.41, 5.74) is 8.98. The second-order valence-electron chi connectivity index (χ2n) is 6.50. The van der Waals surface area contributed by atoms with E-state index in [2.05, 4.69) is 29.2 Å². The molecule has 1 heterocycles. The van der Waals surface area contributed by atoms with E-state index in [0.29, 0.717) is 6.04 Å². The monoisotopic (exact) mass is 272 g/mol. The van der Waals surface area contributed by atoms with Gasteiger partial charge in [-0.05, 0) is 55.8 Å². The van der Waals surface area contributed by atoms with E-state index in [0.717, 1.165) is 12.5 Å². The van der Waals surface area contributed by atoms with E-state index in [-0.39, 0.29) is 0 Å². The summed E-state index contributed by atoms with van der Waals surface area (Å²) in [5.74, 6) is 0.806. The van der Waals surface area contributed by atoms with E-state index in [1.54, 1.807) is 5.56 Å². The Kier molecular flexibility index (Phi) is 4.74. The summed E-state index contributed by atoms with van der Waals surface area (Å²) in [7, 11) is 0. The Morgan fingerprint density at radius 1 is 0.950 bits per heavy atom. The maximum atomic E-state index is 6.02. The molecule has 110 valence electrons. The molecule has 2 heteroatoms. The predicted molar refractivity (Wildman–Crippen MR) is 84.9 cm³/mol. The lowest BCUT2D eigenvalue weighted by Gasteiger charge is -2.27. The van der Waals surface area contributed by atoms with E-state index in [4.69, 9.17) is 5.73 Å². The van der Waals surface area contributed by atoms with Crippen LogP contribution in [0, 0.1) is 0 Å². The van der Waals surface area contributed by atoms with E-state index < -0.39 is 0 Å². The van der Waals surface area contributed by atoms with Crippen LogP contribution in [0.3, 0.4) is 0 Å². The fourth-order valence-corrected chi connectivity index (χ4v) is 3.98. The molecule has 2 aliphatic rings. The molecule has 1 aliphatic carbocycles. The quantitative estimate of drug-likeness (QED) is 0.902. The largest absolute Gasteiger partial charge is 0.329 e. The fourth-order valence-electron chi connectivity index (χ4n) is 3.98. The van der Waals surface area contributed by atoms with Crippen LogP contribution in [0.1, 0.15) is 68.0 Å². The molecule has 1 aromatic rings. The summed E-state index contributed by atoms with van der Waals surface area (Å²) < 4.78 is 0. The van der Waals surface area contributed by atoms with Crippen LogP contribution in [-0.2, 0) is 0 Å². The minimum Gasteiger partial charge on any atom is -0.329 e. The molecule has 1 atom stereocenters. The first-order valence-corrected chi connectivity index (χ1v) is 8.42. The van der Waals surface area contributed by atoms with Gasteiger partial charge in [0.2, 0.25) is 0 Å². The minimum absolute atomic E-state index is 0.429. The third-order valence-corrected chi connectivity index (χ3v) is 5.20. The van der Waals surface area contributed by atoms with Gasteiger partial charge in [0.1, 0.15) is 0 Å². The average molecular weight is 272 g/mol. The molecular formula is C18H28N2. The van der Waals surface area contributed by atoms with Gasteiger partial charge >= 0.3 is 0 Å². The minimum atomic E-state index is 0.429. The Balaban J connectivity index is 1.70. The summed E-state index contributed by atoms with van der Waals surface area (Å²) in [6.07, 6.45) is 9.67. The number of benzene rings is 1. The highest BCUT2D eigenvalue weighted by atomic mass is 15.2. The van der Waals surface area contributed by atoms with Crippen LogP contribution in [-0.4, -0.2) is 24.5 Å². The number of hydrogen-bond acceptors (Lipinski definition) is 2. The highest BCUT2D eigenvalue weighted by molar-refractivity contribution is 5.28. The number of likely N-dealkylation sites (tertiary alicyclic amines) is 1. The zero-order chi connectivity index (χ0) is 13.8. The fraction of sp³-hybridized carbons (Fsp3) is 0.667. The van der Waals surface area contributed by atoms with Gasteiger partial charge in [-0.25, -0.2) is 0 Å². The zero-order valence-electron chi connectivity index (χ0n) is 12.6. The standard InChI is InChI=1S/C18H28N2/c19-14-18(20-12-4-5-13-20)17-10-8-16(9-11-17)15-6-2-1-3-7-15/h8-11,15,18H,1-7,12-14,19H2. The van der Waals surface area contributed by atoms with Crippen molar-refractivity contribution in [2.45, 2.75) is 56.9 Å². The van der Waals surface area contributed by atoms with Gasteiger partial charge in [-0.3, -0.25) is 4.90 Å². The first-order valence-electron chi connectivity index (χ1n) is 8.42. The molecule has 1 saturated heterocycles. The van der Waals surface area contributed by atoms with Crippen molar-refractivity contribution in [1.82, 2.24) is 4.90 Å². The maximum Gasteiger partial charge on any atom is 0.0470 e. The Hall–Kier alpha value is -0.860. The summed E-state index contributed by atoms with van der Waals surface area (Å²) in [6.45, 7) is 3.17. The molecule has 2 nitrogen and oxygen atoms in total. The van der Waals surface area contributed by atoms with Crippen LogP contribution < -0.4 is 5.73 Å². The molecule has 1 aliphatic heterocycles. The number of hydrogen-bond donors (Lipinski definition) is 1. The maximum absolute atomic E-state index is 6.02. The Morgan fingerprint density at radius 3 is 2.20 bits per heavy atom. The molecule has 0 spiro atoms. The third kappa shape index (κ3) is 3.07. The third-order valence-electron chi connectivity index (χ3n) is 5.20. The van der Waals surface area contributed by atoms with Crippen molar-refractivity contribution in [3.05, 3.63) is 35.4 Å². The lowest BCUT2D eigenvalue weighted by atomic mass is 9.83. The van der Waals surface area contributed by atoms with Crippen LogP contribution in [0.5, 0.6) is 0 Å². The average Bonchev–Trinajstić information content (AvgIpc) is 3.04. The molecule has 0 radical (unpaired) electrons. The Labute approximate surface area is 123 Å². The highest BCUT2D eigenvalue weighted by Gasteiger charge is 2.22. The zero-order valence-corrected chi connectivity index (χ0v) is 12.6. The summed E-state index contributed by atoms with van der Waals surface area (Å²) in [5, 5.41) is 0. The molecule has 0 bridgehead atoms. The van der Waals surface area contributed by atoms with Crippen LogP contribution in [0.4, 0.5) is 0 Å². The highest BCUT2D eigenvalue weighted by Crippen LogP contribution is 2.33. The summed E-state index contributed by atoms with van der Waals surface area (Å²) in [4.78, 5) is 2.55. The van der Waals surface area contributed by atoms with Gasteiger partial charge < -0.3 is 5.73 Å². The van der Waals surface area contributed by atoms with Crippen molar-refractivity contribution in [2.75, 3.05) is 19.6 Å². The van der Waals surface area contributed by atoms with Crippen molar-refractivity contribution in [2.24, 2.45) is 5.73 Å². The molecule has 1 aromatic carbocycles. The predicted octanol–water partition coefficient (Wildman–Crippen LogP) is 3.83. The first-order chi connectivity index (χ1) is 9.88. The lowest BCUT2D eigenvalue weighted by Crippen LogP contribution is -2.31. The van der Waals surface area contributed by atoms with Crippen molar-refractivity contribution in [3.8, 4) is 0 Å². The van der Waals surface area contributed by atoms with Gasteiger partial charge in [-0.1, -0.05) is 43.5 Å². The number of nitrogens with zero attached hydrogens (tertiary/aromatic N) is 1. The second-order valence-corrected chi connectivity index (χ2v) is 6.50. The van der Waals surface area contributed by atoms with Gasteiger partial charge in [0.25, 0.3) is 0 Å². The first kappa shape index (κ1) is 14.1. The lowest BCUT2D eigenvalue weighted by molar-refractivity contribution is 0.251. The van der Waals surface area contributed by atoms with E-state index >= 15 is 0 Å². The van der Waals surface area contributed by atoms with Gasteiger partial charge in [0.05, 0.1) is 0 Å². The van der Waals surface area contributed by atoms with Crippen LogP contribution in [0.15, 0.2) is 24.3 Å². The number of nitrogens with two attached hydrogens (primary N) is 1. The molecule has 0 aromatic heterocycles. The SMILES string of the molecule is NCC(c1ccc(C2CCCCC2)cc1)N1CCCC1. The number of rotatable bonds is 4. The van der Waals surface area contributed by atoms with Crippen LogP contribution >= 0.6 is 0 Å². The Morgan fingerprint density at radius 2 is 1.60 bits per heavy atom. The van der Waals surface area contributed by atoms with Crippen molar-refractivity contribution < 1.29 is 0 Å². The Bertz CT molecular complexity index is 400. The van der Waals surface area contributed by atoms with Crippen LogP contribution in [0.2, 0.25) is 0 Å². The summed E-state index contributed by atoms with van der Waals surface area (Å²) >= 11 is 0. The van der Waals surface area contributed by atoms with E-state index in [1.807, 2.05) is 0 Å². The molecule has 20 heavy (non-hydrogen) atoms. The van der Waals surface area contributed by atoms with E-state index in [9.17, 15) is 0 Å². The molecule has 3 rings (SSSR count). The topological polar surface area (TPSA) is 29.3 Å². The molecule has 2 fully saturated rings.